The van der Waals surface area contributed by atoms with E-state index >= 15 is 0 Å². The summed E-state index contributed by atoms with van der Waals surface area (Å²) in [7, 11) is 0. The van der Waals surface area contributed by atoms with Crippen molar-refractivity contribution in [2.45, 2.75) is 24.7 Å². The molecule has 1 unspecified atom stereocenters. The monoisotopic (exact) mass is 419 g/mol. The van der Waals surface area contributed by atoms with Gasteiger partial charge in [0, 0.05) is 18.5 Å². The van der Waals surface area contributed by atoms with Gasteiger partial charge >= 0.3 is 0 Å². The van der Waals surface area contributed by atoms with E-state index in [9.17, 15) is 0 Å². The highest BCUT2D eigenvalue weighted by atomic mass is 127. The number of hydrogen-bond donors (Lipinski definition) is 2. The minimum Gasteiger partial charge on any atom is -0.381 e. The van der Waals surface area contributed by atoms with Gasteiger partial charge in [-0.25, -0.2) is 0 Å². The fourth-order valence-corrected chi connectivity index (χ4v) is 2.56. The smallest absolute Gasteiger partial charge is 0.193 e. The third kappa shape index (κ3) is 4.55. The molecule has 22 heavy (non-hydrogen) atoms. The fraction of sp³-hybridized carbons (Fsp3) is 0.533. The SMILES string of the molecule is I.NC(=NCC1COC2(CCOCC2)O1)Nc1ccccc1. The molecule has 2 aliphatic heterocycles. The first-order chi connectivity index (χ1) is 10.3. The quantitative estimate of drug-likeness (QED) is 0.445. The van der Waals surface area contributed by atoms with E-state index in [1.54, 1.807) is 0 Å². The van der Waals surface area contributed by atoms with E-state index in [1.807, 2.05) is 30.3 Å². The Hall–Kier alpha value is -0.900. The summed E-state index contributed by atoms with van der Waals surface area (Å²) in [5.74, 6) is -0.0715. The maximum Gasteiger partial charge on any atom is 0.193 e. The van der Waals surface area contributed by atoms with Gasteiger partial charge in [0.1, 0.15) is 6.10 Å². The van der Waals surface area contributed by atoms with Crippen LogP contribution in [0.25, 0.3) is 0 Å². The molecule has 3 N–H and O–H groups in total. The molecule has 122 valence electrons. The molecule has 0 aliphatic carbocycles. The molecule has 0 radical (unpaired) electrons. The van der Waals surface area contributed by atoms with Gasteiger partial charge in [-0.2, -0.15) is 0 Å². The number of guanidine groups is 1. The molecule has 1 aromatic carbocycles. The highest BCUT2D eigenvalue weighted by Gasteiger charge is 2.42. The van der Waals surface area contributed by atoms with E-state index in [4.69, 9.17) is 19.9 Å². The summed E-state index contributed by atoms with van der Waals surface area (Å²) in [5, 5.41) is 3.05. The van der Waals surface area contributed by atoms with Crippen LogP contribution in [0.3, 0.4) is 0 Å². The van der Waals surface area contributed by atoms with Crippen molar-refractivity contribution < 1.29 is 14.2 Å². The first kappa shape index (κ1) is 17.5. The molecule has 2 saturated heterocycles. The van der Waals surface area contributed by atoms with Crippen LogP contribution in [0.2, 0.25) is 0 Å². The summed E-state index contributed by atoms with van der Waals surface area (Å²) in [5.41, 5.74) is 6.80. The van der Waals surface area contributed by atoms with Gasteiger partial charge in [-0.1, -0.05) is 18.2 Å². The third-order valence-corrected chi connectivity index (χ3v) is 3.68. The maximum absolute atomic E-state index is 6.00. The fourth-order valence-electron chi connectivity index (χ4n) is 2.56. The lowest BCUT2D eigenvalue weighted by Gasteiger charge is -2.31. The summed E-state index contributed by atoms with van der Waals surface area (Å²) in [6.45, 7) is 2.43. The Bertz CT molecular complexity index is 492. The van der Waals surface area contributed by atoms with E-state index < -0.39 is 5.79 Å². The summed E-state index contributed by atoms with van der Waals surface area (Å²) in [6.07, 6.45) is 1.52. The van der Waals surface area contributed by atoms with E-state index in [2.05, 4.69) is 10.3 Å². The number of para-hydroxylation sites is 1. The number of nitrogens with zero attached hydrogens (tertiary/aromatic N) is 1. The molecule has 0 amide bonds. The number of ether oxygens (including phenoxy) is 3. The van der Waals surface area contributed by atoms with Gasteiger partial charge < -0.3 is 25.3 Å². The van der Waals surface area contributed by atoms with Gasteiger partial charge in [0.05, 0.1) is 26.4 Å². The van der Waals surface area contributed by atoms with Crippen molar-refractivity contribution in [3.63, 3.8) is 0 Å². The predicted molar refractivity (Wildman–Crippen MR) is 95.6 cm³/mol. The second-order valence-corrected chi connectivity index (χ2v) is 5.29. The van der Waals surface area contributed by atoms with Crippen LogP contribution in [-0.4, -0.2) is 44.2 Å². The van der Waals surface area contributed by atoms with Crippen LogP contribution in [0.4, 0.5) is 5.69 Å². The minimum atomic E-state index is -0.458. The Kier molecular flexibility index (Phi) is 6.42. The number of rotatable bonds is 3. The van der Waals surface area contributed by atoms with Crippen molar-refractivity contribution in [2.75, 3.05) is 31.7 Å². The normalized spacial score (nSPS) is 24.0. The number of nitrogens with two attached hydrogens (primary N) is 1. The second-order valence-electron chi connectivity index (χ2n) is 5.29. The Labute approximate surface area is 147 Å². The molecule has 2 fully saturated rings. The zero-order valence-corrected chi connectivity index (χ0v) is 14.7. The Morgan fingerprint density at radius 3 is 2.73 bits per heavy atom. The Balaban J connectivity index is 0.00000176. The molecule has 0 aromatic heterocycles. The lowest BCUT2D eigenvalue weighted by atomic mass is 10.1. The average molecular weight is 419 g/mol. The lowest BCUT2D eigenvalue weighted by Crippen LogP contribution is -2.38. The van der Waals surface area contributed by atoms with E-state index in [1.165, 1.54) is 0 Å². The molecule has 7 heteroatoms. The van der Waals surface area contributed by atoms with Crippen molar-refractivity contribution in [3.8, 4) is 0 Å². The number of nitrogens with one attached hydrogen (secondary N) is 1. The number of anilines is 1. The zero-order chi connectivity index (χ0) is 14.5. The largest absolute Gasteiger partial charge is 0.381 e. The van der Waals surface area contributed by atoms with Crippen LogP contribution in [0, 0.1) is 0 Å². The van der Waals surface area contributed by atoms with Crippen molar-refractivity contribution in [3.05, 3.63) is 30.3 Å². The van der Waals surface area contributed by atoms with Gasteiger partial charge in [-0.05, 0) is 12.1 Å². The second kappa shape index (κ2) is 8.09. The number of halogens is 1. The molecule has 1 spiro atoms. The molecular formula is C15H22IN3O3. The molecule has 3 rings (SSSR count). The molecule has 1 atom stereocenters. The molecule has 1 aromatic rings. The number of benzene rings is 1. The number of hydrogen-bond acceptors (Lipinski definition) is 4. The average Bonchev–Trinajstić information content (AvgIpc) is 2.90. The van der Waals surface area contributed by atoms with Gasteiger partial charge in [0.25, 0.3) is 0 Å². The number of aliphatic imine (C=N–C) groups is 1. The van der Waals surface area contributed by atoms with Gasteiger partial charge in [0.15, 0.2) is 11.7 Å². The van der Waals surface area contributed by atoms with Gasteiger partial charge in [-0.3, -0.25) is 4.99 Å². The molecule has 0 saturated carbocycles. The molecular weight excluding hydrogens is 397 g/mol. The summed E-state index contributed by atoms with van der Waals surface area (Å²) in [4.78, 5) is 4.33. The first-order valence-corrected chi connectivity index (χ1v) is 7.27. The van der Waals surface area contributed by atoms with E-state index in [-0.39, 0.29) is 30.1 Å². The predicted octanol–water partition coefficient (Wildman–Crippen LogP) is 1.95. The molecule has 2 aliphatic rings. The molecule has 2 heterocycles. The van der Waals surface area contributed by atoms with Crippen molar-refractivity contribution in [1.29, 1.82) is 0 Å². The van der Waals surface area contributed by atoms with Crippen LogP contribution in [0.15, 0.2) is 35.3 Å². The zero-order valence-electron chi connectivity index (χ0n) is 12.4. The van der Waals surface area contributed by atoms with Crippen molar-refractivity contribution >= 4 is 35.6 Å². The highest BCUT2D eigenvalue weighted by Crippen LogP contribution is 2.33. The maximum atomic E-state index is 6.00. The topological polar surface area (TPSA) is 78.1 Å². The highest BCUT2D eigenvalue weighted by molar-refractivity contribution is 14.0. The van der Waals surface area contributed by atoms with Crippen LogP contribution >= 0.6 is 24.0 Å². The van der Waals surface area contributed by atoms with E-state index in [0.717, 1.165) is 18.5 Å². The first-order valence-electron chi connectivity index (χ1n) is 7.27. The Morgan fingerprint density at radius 1 is 1.27 bits per heavy atom. The third-order valence-electron chi connectivity index (χ3n) is 3.68. The summed E-state index contributed by atoms with van der Waals surface area (Å²) in [6, 6.07) is 9.72. The van der Waals surface area contributed by atoms with Gasteiger partial charge in [-0.15, -0.1) is 24.0 Å². The van der Waals surface area contributed by atoms with Crippen LogP contribution in [0.5, 0.6) is 0 Å². The summed E-state index contributed by atoms with van der Waals surface area (Å²) < 4.78 is 17.1. The van der Waals surface area contributed by atoms with Gasteiger partial charge in [0.2, 0.25) is 0 Å². The lowest BCUT2D eigenvalue weighted by molar-refractivity contribution is -0.210. The molecule has 6 nitrogen and oxygen atoms in total. The van der Waals surface area contributed by atoms with Crippen LogP contribution in [-0.2, 0) is 14.2 Å². The Morgan fingerprint density at radius 2 is 2.00 bits per heavy atom. The summed E-state index contributed by atoms with van der Waals surface area (Å²) >= 11 is 0. The van der Waals surface area contributed by atoms with Crippen LogP contribution in [0.1, 0.15) is 12.8 Å². The standard InChI is InChI=1S/C15H21N3O3.HI/c16-14(18-12-4-2-1-3-5-12)17-10-13-11-20-15(21-13)6-8-19-9-7-15;/h1-5,13H,6-11H2,(H3,16,17,18);1H. The minimum absolute atomic E-state index is 0. The van der Waals surface area contributed by atoms with Crippen LogP contribution < -0.4 is 11.1 Å². The van der Waals surface area contributed by atoms with Crippen molar-refractivity contribution in [2.24, 2.45) is 10.7 Å². The molecule has 0 bridgehead atoms. The van der Waals surface area contributed by atoms with Crippen molar-refractivity contribution in [1.82, 2.24) is 0 Å². The van der Waals surface area contributed by atoms with E-state index in [0.29, 0.717) is 32.3 Å².